The molecule has 5 nitrogen and oxygen atoms in total. The lowest BCUT2D eigenvalue weighted by molar-refractivity contribution is -0.137. The zero-order valence-electron chi connectivity index (χ0n) is 18.1. The fourth-order valence-corrected chi connectivity index (χ4v) is 5.43. The molecule has 0 radical (unpaired) electrons. The van der Waals surface area contributed by atoms with Crippen molar-refractivity contribution < 1.29 is 22.7 Å². The Kier molecular flexibility index (Phi) is 7.57. The summed E-state index contributed by atoms with van der Waals surface area (Å²) < 4.78 is 43.9. The van der Waals surface area contributed by atoms with E-state index < -0.39 is 17.6 Å². The van der Waals surface area contributed by atoms with Crippen molar-refractivity contribution in [2.24, 2.45) is 0 Å². The Bertz CT molecular complexity index is 1280. The van der Waals surface area contributed by atoms with Crippen molar-refractivity contribution in [2.75, 3.05) is 31.2 Å². The van der Waals surface area contributed by atoms with E-state index in [1.165, 1.54) is 29.5 Å². The van der Waals surface area contributed by atoms with Crippen molar-refractivity contribution in [1.82, 2.24) is 5.32 Å². The van der Waals surface area contributed by atoms with Crippen LogP contribution in [0.25, 0.3) is 11.1 Å². The number of ether oxygens (including phenoxy) is 1. The summed E-state index contributed by atoms with van der Waals surface area (Å²) in [5.41, 5.74) is 0.941. The van der Waals surface area contributed by atoms with Gasteiger partial charge in [-0.05, 0) is 29.8 Å². The average Bonchev–Trinajstić information content (AvgIpc) is 3.22. The number of benzene rings is 2. The molecular weight excluding hydrogens is 522 g/mol. The van der Waals surface area contributed by atoms with E-state index >= 15 is 0 Å². The first-order chi connectivity index (χ1) is 16.7. The molecule has 35 heavy (non-hydrogen) atoms. The molecule has 182 valence electrons. The number of carbonyl (C=O) groups is 1. The summed E-state index contributed by atoms with van der Waals surface area (Å²) in [7, 11) is 0. The second-order valence-electron chi connectivity index (χ2n) is 7.70. The summed E-state index contributed by atoms with van der Waals surface area (Å²) in [5, 5.41) is 14.1. The van der Waals surface area contributed by atoms with Crippen molar-refractivity contribution in [3.05, 3.63) is 74.1 Å². The van der Waals surface area contributed by atoms with Crippen LogP contribution in [0.4, 0.5) is 18.2 Å². The molecule has 0 unspecified atom stereocenters. The number of nitrogens with zero attached hydrogens (tertiary/aromatic N) is 2. The van der Waals surface area contributed by atoms with Crippen molar-refractivity contribution in [3.63, 3.8) is 0 Å². The molecule has 2 heterocycles. The molecular formula is C24H18Cl2F3N3O2S. The molecule has 0 saturated carbocycles. The second kappa shape index (κ2) is 10.5. The highest BCUT2D eigenvalue weighted by Crippen LogP contribution is 2.44. The quantitative estimate of drug-likeness (QED) is 0.408. The predicted octanol–water partition coefficient (Wildman–Crippen LogP) is 6.38. The number of amides is 1. The van der Waals surface area contributed by atoms with Gasteiger partial charge >= 0.3 is 6.18 Å². The lowest BCUT2D eigenvalue weighted by Crippen LogP contribution is -2.36. The first-order valence-electron chi connectivity index (χ1n) is 10.5. The number of nitriles is 1. The number of anilines is 1. The van der Waals surface area contributed by atoms with E-state index in [1.54, 1.807) is 12.1 Å². The van der Waals surface area contributed by atoms with E-state index in [-0.39, 0.29) is 16.4 Å². The summed E-state index contributed by atoms with van der Waals surface area (Å²) in [5.74, 6) is -0.466. The van der Waals surface area contributed by atoms with Crippen molar-refractivity contribution in [2.45, 2.75) is 12.7 Å². The van der Waals surface area contributed by atoms with Gasteiger partial charge in [-0.3, -0.25) is 4.79 Å². The Hall–Kier alpha value is -2.77. The Morgan fingerprint density at radius 2 is 1.83 bits per heavy atom. The molecule has 0 spiro atoms. The molecule has 4 rings (SSSR count). The van der Waals surface area contributed by atoms with Crippen molar-refractivity contribution in [1.29, 1.82) is 5.26 Å². The van der Waals surface area contributed by atoms with E-state index in [0.29, 0.717) is 58.6 Å². The van der Waals surface area contributed by atoms with Crippen molar-refractivity contribution in [3.8, 4) is 17.2 Å². The van der Waals surface area contributed by atoms with Gasteiger partial charge in [0, 0.05) is 40.8 Å². The van der Waals surface area contributed by atoms with E-state index in [4.69, 9.17) is 27.9 Å². The highest BCUT2D eigenvalue weighted by Gasteiger charge is 2.31. The molecule has 1 aliphatic heterocycles. The summed E-state index contributed by atoms with van der Waals surface area (Å²) in [6.07, 6.45) is -4.44. The lowest BCUT2D eigenvalue weighted by Gasteiger charge is -2.27. The number of nitrogens with one attached hydrogen (secondary N) is 1. The number of thiophene rings is 1. The van der Waals surface area contributed by atoms with Gasteiger partial charge in [0.25, 0.3) is 5.91 Å². The van der Waals surface area contributed by atoms with Crippen LogP contribution in [0.15, 0.2) is 42.5 Å². The number of hydrogen-bond donors (Lipinski definition) is 1. The van der Waals surface area contributed by atoms with Gasteiger partial charge in [0.1, 0.15) is 15.9 Å². The molecule has 0 bridgehead atoms. The first-order valence-corrected chi connectivity index (χ1v) is 12.1. The largest absolute Gasteiger partial charge is 0.416 e. The van der Waals surface area contributed by atoms with Crippen molar-refractivity contribution >= 4 is 45.4 Å². The predicted molar refractivity (Wildman–Crippen MR) is 130 cm³/mol. The minimum absolute atomic E-state index is 0.0113. The molecule has 0 atom stereocenters. The van der Waals surface area contributed by atoms with E-state index in [9.17, 15) is 23.2 Å². The van der Waals surface area contributed by atoms with E-state index in [0.717, 1.165) is 12.1 Å². The van der Waals surface area contributed by atoms with Gasteiger partial charge in [-0.1, -0.05) is 41.4 Å². The zero-order chi connectivity index (χ0) is 25.2. The molecule has 1 aliphatic rings. The summed E-state index contributed by atoms with van der Waals surface area (Å²) >= 11 is 13.7. The Balaban J connectivity index is 1.69. The maximum atomic E-state index is 13.3. The van der Waals surface area contributed by atoms with Crippen LogP contribution in [0.5, 0.6) is 0 Å². The molecule has 1 saturated heterocycles. The lowest BCUT2D eigenvalue weighted by atomic mass is 10.0. The molecule has 1 N–H and O–H groups in total. The van der Waals surface area contributed by atoms with Crippen LogP contribution in [0.2, 0.25) is 10.0 Å². The average molecular weight is 540 g/mol. The maximum absolute atomic E-state index is 13.3. The molecule has 1 aromatic heterocycles. The number of carbonyl (C=O) groups excluding carboxylic acids is 1. The van der Waals surface area contributed by atoms with Gasteiger partial charge in [0.05, 0.1) is 24.3 Å². The van der Waals surface area contributed by atoms with Crippen LogP contribution in [0.1, 0.15) is 26.4 Å². The summed E-state index contributed by atoms with van der Waals surface area (Å²) in [6.45, 7) is 2.13. The fourth-order valence-electron chi connectivity index (χ4n) is 3.70. The topological polar surface area (TPSA) is 65.4 Å². The number of alkyl halides is 3. The highest BCUT2D eigenvalue weighted by atomic mass is 35.5. The number of hydrogen-bond acceptors (Lipinski definition) is 5. The van der Waals surface area contributed by atoms with Gasteiger partial charge < -0.3 is 15.0 Å². The minimum Gasteiger partial charge on any atom is -0.378 e. The van der Waals surface area contributed by atoms with E-state index in [1.807, 2.05) is 4.90 Å². The van der Waals surface area contributed by atoms with Gasteiger partial charge in [-0.15, -0.1) is 11.3 Å². The fraction of sp³-hybridized carbons (Fsp3) is 0.250. The molecule has 3 aromatic rings. The minimum atomic E-state index is -4.44. The SMILES string of the molecule is N#Cc1c(N2CCOCC2)sc(C(=O)NCc2ccc(C(F)(F)F)cc2)c1-c1ccc(Cl)cc1Cl. The van der Waals surface area contributed by atoms with Crippen LogP contribution in [0, 0.1) is 11.3 Å². The third-order valence-electron chi connectivity index (χ3n) is 5.44. The third-order valence-corrected chi connectivity index (χ3v) is 7.24. The van der Waals surface area contributed by atoms with Crippen LogP contribution in [-0.4, -0.2) is 32.2 Å². The van der Waals surface area contributed by atoms with Crippen LogP contribution in [0.3, 0.4) is 0 Å². The van der Waals surface area contributed by atoms with Crippen LogP contribution < -0.4 is 10.2 Å². The smallest absolute Gasteiger partial charge is 0.378 e. The molecule has 1 fully saturated rings. The molecule has 11 heteroatoms. The Morgan fingerprint density at radius 1 is 1.14 bits per heavy atom. The molecule has 1 amide bonds. The Labute approximate surface area is 213 Å². The van der Waals surface area contributed by atoms with Crippen LogP contribution >= 0.6 is 34.5 Å². The van der Waals surface area contributed by atoms with E-state index in [2.05, 4.69) is 11.4 Å². The van der Waals surface area contributed by atoms with Gasteiger partial charge in [0.15, 0.2) is 0 Å². The summed E-state index contributed by atoms with van der Waals surface area (Å²) in [4.78, 5) is 15.5. The Morgan fingerprint density at radius 3 is 2.43 bits per heavy atom. The zero-order valence-corrected chi connectivity index (χ0v) is 20.4. The number of rotatable bonds is 5. The second-order valence-corrected chi connectivity index (χ2v) is 9.54. The molecule has 0 aliphatic carbocycles. The summed E-state index contributed by atoms with van der Waals surface area (Å²) in [6, 6.07) is 11.6. The van der Waals surface area contributed by atoms with Gasteiger partial charge in [-0.25, -0.2) is 0 Å². The molecule has 2 aromatic carbocycles. The number of morpholine rings is 1. The normalized spacial score (nSPS) is 14.0. The standard InChI is InChI=1S/C24H18Cl2F3N3O2S/c25-16-5-6-17(19(26)11-16)20-18(12-30)23(32-7-9-34-10-8-32)35-21(20)22(33)31-13-14-1-3-15(4-2-14)24(27,28)29/h1-6,11H,7-10,13H2,(H,31,33). The highest BCUT2D eigenvalue weighted by molar-refractivity contribution is 7.19. The first kappa shape index (κ1) is 25.3. The van der Waals surface area contributed by atoms with Gasteiger partial charge in [0.2, 0.25) is 0 Å². The third kappa shape index (κ3) is 5.57. The maximum Gasteiger partial charge on any atom is 0.416 e. The van der Waals surface area contributed by atoms with Gasteiger partial charge in [-0.2, -0.15) is 18.4 Å². The monoisotopic (exact) mass is 539 g/mol. The number of halogens is 5. The van der Waals surface area contributed by atoms with Crippen LogP contribution in [-0.2, 0) is 17.5 Å².